The molecule has 1 N–H and O–H groups in total. The summed E-state index contributed by atoms with van der Waals surface area (Å²) in [7, 11) is 0. The van der Waals surface area contributed by atoms with Crippen LogP contribution in [0.2, 0.25) is 0 Å². The van der Waals surface area contributed by atoms with E-state index in [4.69, 9.17) is 4.74 Å². The highest BCUT2D eigenvalue weighted by atomic mass is 16.5. The molecular weight excluding hydrogens is 350 g/mol. The number of para-hydroxylation sites is 1. The SMILES string of the molecule is CC(CCOc1ccccc1)C(=O)N(Cc1ccccn1)C1CCCNCC1. The molecule has 1 aliphatic rings. The van der Waals surface area contributed by atoms with Crippen LogP contribution in [0.5, 0.6) is 5.75 Å². The largest absolute Gasteiger partial charge is 0.494 e. The Balaban J connectivity index is 1.62. The lowest BCUT2D eigenvalue weighted by Crippen LogP contribution is -2.43. The highest BCUT2D eigenvalue weighted by Gasteiger charge is 2.28. The Morgan fingerprint density at radius 2 is 2.00 bits per heavy atom. The fraction of sp³-hybridized carbons (Fsp3) is 0.478. The maximum Gasteiger partial charge on any atom is 0.226 e. The highest BCUT2D eigenvalue weighted by Crippen LogP contribution is 2.20. The zero-order valence-electron chi connectivity index (χ0n) is 16.7. The molecule has 3 rings (SSSR count). The number of amides is 1. The van der Waals surface area contributed by atoms with E-state index in [0.717, 1.165) is 43.8 Å². The average Bonchev–Trinajstić information content (AvgIpc) is 3.02. The van der Waals surface area contributed by atoms with Crippen LogP contribution in [-0.4, -0.2) is 41.5 Å². The fourth-order valence-corrected chi connectivity index (χ4v) is 3.64. The molecule has 2 heterocycles. The lowest BCUT2D eigenvalue weighted by molar-refractivity contribution is -0.138. The zero-order valence-corrected chi connectivity index (χ0v) is 16.7. The van der Waals surface area contributed by atoms with Gasteiger partial charge in [0.15, 0.2) is 0 Å². The number of aromatic nitrogens is 1. The van der Waals surface area contributed by atoms with Gasteiger partial charge in [0.1, 0.15) is 5.75 Å². The number of pyridine rings is 1. The van der Waals surface area contributed by atoms with Gasteiger partial charge in [-0.3, -0.25) is 9.78 Å². The lowest BCUT2D eigenvalue weighted by atomic mass is 10.0. The van der Waals surface area contributed by atoms with Gasteiger partial charge in [-0.1, -0.05) is 31.2 Å². The molecule has 1 amide bonds. The van der Waals surface area contributed by atoms with Crippen LogP contribution in [-0.2, 0) is 11.3 Å². The third-order valence-electron chi connectivity index (χ3n) is 5.31. The molecule has 1 aliphatic heterocycles. The Hall–Kier alpha value is -2.40. The first kappa shape index (κ1) is 20.3. The normalized spacial score (nSPS) is 18.1. The summed E-state index contributed by atoms with van der Waals surface area (Å²) in [6, 6.07) is 15.9. The van der Waals surface area contributed by atoms with Crippen molar-refractivity contribution < 1.29 is 9.53 Å². The predicted octanol–water partition coefficient (Wildman–Crippen LogP) is 3.66. The number of carbonyl (C=O) groups is 1. The third-order valence-corrected chi connectivity index (χ3v) is 5.31. The van der Waals surface area contributed by atoms with Gasteiger partial charge in [-0.15, -0.1) is 0 Å². The Bertz CT molecular complexity index is 700. The van der Waals surface area contributed by atoms with Crippen LogP contribution >= 0.6 is 0 Å². The molecule has 0 spiro atoms. The molecule has 150 valence electrons. The molecule has 0 saturated carbocycles. The number of hydrogen-bond donors (Lipinski definition) is 1. The van der Waals surface area contributed by atoms with E-state index in [0.29, 0.717) is 19.6 Å². The molecule has 5 heteroatoms. The van der Waals surface area contributed by atoms with E-state index in [1.165, 1.54) is 0 Å². The van der Waals surface area contributed by atoms with Crippen LogP contribution in [0.4, 0.5) is 0 Å². The minimum absolute atomic E-state index is 0.0800. The Labute approximate surface area is 168 Å². The second-order valence-corrected chi connectivity index (χ2v) is 7.47. The first-order chi connectivity index (χ1) is 13.7. The molecule has 28 heavy (non-hydrogen) atoms. The summed E-state index contributed by atoms with van der Waals surface area (Å²) in [5, 5.41) is 3.44. The number of carbonyl (C=O) groups excluding carboxylic acids is 1. The van der Waals surface area contributed by atoms with Crippen molar-refractivity contribution >= 4 is 5.91 Å². The molecular formula is C23H31N3O2. The maximum atomic E-state index is 13.3. The minimum atomic E-state index is -0.0800. The van der Waals surface area contributed by atoms with Gasteiger partial charge in [0.05, 0.1) is 18.8 Å². The van der Waals surface area contributed by atoms with Gasteiger partial charge in [0.2, 0.25) is 5.91 Å². The van der Waals surface area contributed by atoms with Gasteiger partial charge in [-0.05, 0) is 63.0 Å². The van der Waals surface area contributed by atoms with Crippen LogP contribution in [0.1, 0.15) is 38.3 Å². The Morgan fingerprint density at radius 1 is 1.18 bits per heavy atom. The van der Waals surface area contributed by atoms with Crippen molar-refractivity contribution in [3.63, 3.8) is 0 Å². The maximum absolute atomic E-state index is 13.3. The van der Waals surface area contributed by atoms with Crippen molar-refractivity contribution in [2.24, 2.45) is 5.92 Å². The number of nitrogens with zero attached hydrogens (tertiary/aromatic N) is 2. The molecule has 2 atom stereocenters. The number of nitrogens with one attached hydrogen (secondary N) is 1. The summed E-state index contributed by atoms with van der Waals surface area (Å²) in [6.45, 7) is 5.12. The summed E-state index contributed by atoms with van der Waals surface area (Å²) in [5.41, 5.74) is 0.945. The number of ether oxygens (including phenoxy) is 1. The van der Waals surface area contributed by atoms with Crippen molar-refractivity contribution in [2.45, 2.75) is 45.2 Å². The van der Waals surface area contributed by atoms with E-state index >= 15 is 0 Å². The topological polar surface area (TPSA) is 54.5 Å². The van der Waals surface area contributed by atoms with Gasteiger partial charge >= 0.3 is 0 Å². The van der Waals surface area contributed by atoms with Gasteiger partial charge in [-0.25, -0.2) is 0 Å². The van der Waals surface area contributed by atoms with Crippen molar-refractivity contribution in [2.75, 3.05) is 19.7 Å². The summed E-state index contributed by atoms with van der Waals surface area (Å²) in [5.74, 6) is 0.972. The highest BCUT2D eigenvalue weighted by molar-refractivity contribution is 5.78. The van der Waals surface area contributed by atoms with Gasteiger partial charge < -0.3 is 15.0 Å². The molecule has 1 saturated heterocycles. The molecule has 2 unspecified atom stereocenters. The molecule has 5 nitrogen and oxygen atoms in total. The summed E-state index contributed by atoms with van der Waals surface area (Å²) < 4.78 is 5.80. The van der Waals surface area contributed by atoms with E-state index in [1.54, 1.807) is 6.20 Å². The predicted molar refractivity (Wildman–Crippen MR) is 111 cm³/mol. The minimum Gasteiger partial charge on any atom is -0.494 e. The van der Waals surface area contributed by atoms with Crippen molar-refractivity contribution in [1.29, 1.82) is 0 Å². The van der Waals surface area contributed by atoms with Crippen LogP contribution in [0.15, 0.2) is 54.7 Å². The van der Waals surface area contributed by atoms with Crippen molar-refractivity contribution in [3.05, 3.63) is 60.4 Å². The van der Waals surface area contributed by atoms with E-state index in [2.05, 4.69) is 15.2 Å². The molecule has 2 aromatic rings. The third kappa shape index (κ3) is 6.06. The van der Waals surface area contributed by atoms with E-state index < -0.39 is 0 Å². The van der Waals surface area contributed by atoms with E-state index in [1.807, 2.05) is 55.5 Å². The molecule has 1 aromatic heterocycles. The summed E-state index contributed by atoms with van der Waals surface area (Å²) >= 11 is 0. The van der Waals surface area contributed by atoms with Crippen LogP contribution in [0.25, 0.3) is 0 Å². The first-order valence-electron chi connectivity index (χ1n) is 10.3. The molecule has 0 aliphatic carbocycles. The number of hydrogen-bond acceptors (Lipinski definition) is 4. The average molecular weight is 382 g/mol. The lowest BCUT2D eigenvalue weighted by Gasteiger charge is -2.33. The van der Waals surface area contributed by atoms with Gasteiger partial charge in [0, 0.05) is 18.2 Å². The van der Waals surface area contributed by atoms with Crippen molar-refractivity contribution in [3.8, 4) is 5.75 Å². The standard InChI is InChI=1S/C23H31N3O2/c1-19(13-17-28-22-10-3-2-4-11-22)23(27)26(18-20-8-5-6-15-25-20)21-9-7-14-24-16-12-21/h2-6,8,10-11,15,19,21,24H,7,9,12-14,16-18H2,1H3. The Morgan fingerprint density at radius 3 is 2.79 bits per heavy atom. The second-order valence-electron chi connectivity index (χ2n) is 7.47. The molecule has 1 fully saturated rings. The van der Waals surface area contributed by atoms with Crippen LogP contribution < -0.4 is 10.1 Å². The molecule has 0 radical (unpaired) electrons. The number of rotatable bonds is 8. The van der Waals surface area contributed by atoms with Gasteiger partial charge in [0.25, 0.3) is 0 Å². The smallest absolute Gasteiger partial charge is 0.226 e. The van der Waals surface area contributed by atoms with Crippen LogP contribution in [0, 0.1) is 5.92 Å². The summed E-state index contributed by atoms with van der Waals surface area (Å²) in [4.78, 5) is 19.8. The van der Waals surface area contributed by atoms with E-state index in [-0.39, 0.29) is 17.9 Å². The van der Waals surface area contributed by atoms with E-state index in [9.17, 15) is 4.79 Å². The van der Waals surface area contributed by atoms with Crippen LogP contribution in [0.3, 0.4) is 0 Å². The monoisotopic (exact) mass is 381 g/mol. The fourth-order valence-electron chi connectivity index (χ4n) is 3.64. The second kappa shape index (κ2) is 10.8. The Kier molecular flexibility index (Phi) is 7.85. The first-order valence-corrected chi connectivity index (χ1v) is 10.3. The zero-order chi connectivity index (χ0) is 19.6. The van der Waals surface area contributed by atoms with Gasteiger partial charge in [-0.2, -0.15) is 0 Å². The summed E-state index contributed by atoms with van der Waals surface area (Å²) in [6.07, 6.45) is 5.63. The molecule has 0 bridgehead atoms. The van der Waals surface area contributed by atoms with Crippen molar-refractivity contribution in [1.82, 2.24) is 15.2 Å². The number of benzene rings is 1. The molecule has 1 aromatic carbocycles. The quantitative estimate of drug-likeness (QED) is 0.758.